The average molecular weight is 221 g/mol. The van der Waals surface area contributed by atoms with E-state index in [2.05, 4.69) is 9.88 Å². The Morgan fingerprint density at radius 3 is 3.00 bits per heavy atom. The molecule has 1 atom stereocenters. The van der Waals surface area contributed by atoms with Crippen molar-refractivity contribution in [2.45, 2.75) is 31.8 Å². The highest BCUT2D eigenvalue weighted by molar-refractivity contribution is 5.52. The van der Waals surface area contributed by atoms with Crippen molar-refractivity contribution in [3.63, 3.8) is 0 Å². The van der Waals surface area contributed by atoms with Crippen LogP contribution in [0.2, 0.25) is 0 Å². The largest absolute Gasteiger partial charge is 0.390 e. The molecule has 3 N–H and O–H groups in total. The first-order valence-corrected chi connectivity index (χ1v) is 5.76. The van der Waals surface area contributed by atoms with Crippen LogP contribution < -0.4 is 10.6 Å². The molecule has 88 valence electrons. The third-order valence-corrected chi connectivity index (χ3v) is 3.19. The molecular formula is C12H19N3O. The Hall–Kier alpha value is -1.29. The molecule has 1 aromatic heterocycles. The highest BCUT2D eigenvalue weighted by atomic mass is 16.3. The van der Waals surface area contributed by atoms with Gasteiger partial charge in [-0.25, -0.2) is 4.98 Å². The second-order valence-electron chi connectivity index (χ2n) is 4.78. The lowest BCUT2D eigenvalue weighted by molar-refractivity contribution is 0.0481. The first-order valence-electron chi connectivity index (χ1n) is 5.76. The van der Waals surface area contributed by atoms with E-state index in [-0.39, 0.29) is 0 Å². The van der Waals surface area contributed by atoms with E-state index in [1.165, 1.54) is 0 Å². The minimum Gasteiger partial charge on any atom is -0.390 e. The molecule has 2 rings (SSSR count). The third kappa shape index (κ3) is 2.64. The lowest BCUT2D eigenvalue weighted by Gasteiger charge is -2.24. The van der Waals surface area contributed by atoms with Gasteiger partial charge in [-0.1, -0.05) is 0 Å². The van der Waals surface area contributed by atoms with Crippen LogP contribution in [-0.4, -0.2) is 28.8 Å². The van der Waals surface area contributed by atoms with Gasteiger partial charge in [-0.15, -0.1) is 0 Å². The van der Waals surface area contributed by atoms with E-state index in [0.717, 1.165) is 38.0 Å². The zero-order valence-corrected chi connectivity index (χ0v) is 9.69. The number of nitrogen functional groups attached to an aromatic ring is 1. The predicted octanol–water partition coefficient (Wildman–Crippen LogP) is 1.41. The molecule has 0 amide bonds. The Bertz CT molecular complexity index is 365. The van der Waals surface area contributed by atoms with Crippen molar-refractivity contribution in [1.82, 2.24) is 4.98 Å². The number of rotatable bonds is 1. The van der Waals surface area contributed by atoms with Crippen LogP contribution in [0.4, 0.5) is 11.5 Å². The minimum absolute atomic E-state index is 0.521. The Kier molecular flexibility index (Phi) is 3.01. The molecule has 0 saturated carbocycles. The van der Waals surface area contributed by atoms with Crippen molar-refractivity contribution in [2.24, 2.45) is 0 Å². The Balaban J connectivity index is 2.11. The smallest absolute Gasteiger partial charge is 0.125 e. The van der Waals surface area contributed by atoms with Crippen LogP contribution in [0.3, 0.4) is 0 Å². The van der Waals surface area contributed by atoms with Gasteiger partial charge in [0.05, 0.1) is 5.60 Å². The van der Waals surface area contributed by atoms with Gasteiger partial charge in [0.25, 0.3) is 0 Å². The quantitative estimate of drug-likeness (QED) is 0.752. The maximum Gasteiger partial charge on any atom is 0.125 e. The molecular weight excluding hydrogens is 202 g/mol. The zero-order valence-electron chi connectivity index (χ0n) is 9.69. The first-order chi connectivity index (χ1) is 7.57. The van der Waals surface area contributed by atoms with Gasteiger partial charge >= 0.3 is 0 Å². The van der Waals surface area contributed by atoms with Crippen LogP contribution in [0.25, 0.3) is 0 Å². The van der Waals surface area contributed by atoms with Crippen LogP contribution >= 0.6 is 0 Å². The number of nitrogens with two attached hydrogens (primary N) is 1. The molecule has 16 heavy (non-hydrogen) atoms. The van der Waals surface area contributed by atoms with Crippen LogP contribution in [0, 0.1) is 0 Å². The molecule has 1 aliphatic rings. The summed E-state index contributed by atoms with van der Waals surface area (Å²) in [5.41, 5.74) is 6.25. The standard InChI is InChI=1S/C12H19N3O/c1-12(16)4-2-7-15(8-5-12)10-3-6-14-11(13)9-10/h3,6,9,16H,2,4-5,7-8H2,1H3,(H2,13,14). The average Bonchev–Trinajstić information content (AvgIpc) is 2.39. The first kappa shape index (κ1) is 11.2. The van der Waals surface area contributed by atoms with Gasteiger partial charge in [-0.05, 0) is 32.3 Å². The number of aliphatic hydroxyl groups is 1. The number of aromatic nitrogens is 1. The number of pyridine rings is 1. The second kappa shape index (κ2) is 4.29. The van der Waals surface area contributed by atoms with E-state index in [4.69, 9.17) is 5.73 Å². The Morgan fingerprint density at radius 2 is 2.25 bits per heavy atom. The third-order valence-electron chi connectivity index (χ3n) is 3.19. The molecule has 0 aromatic carbocycles. The number of hydrogen-bond acceptors (Lipinski definition) is 4. The fraction of sp³-hybridized carbons (Fsp3) is 0.583. The van der Waals surface area contributed by atoms with Gasteiger partial charge in [0.2, 0.25) is 0 Å². The topological polar surface area (TPSA) is 62.4 Å². The molecule has 0 radical (unpaired) electrons. The predicted molar refractivity (Wildman–Crippen MR) is 65.3 cm³/mol. The van der Waals surface area contributed by atoms with E-state index >= 15 is 0 Å². The van der Waals surface area contributed by atoms with Crippen molar-refractivity contribution in [2.75, 3.05) is 23.7 Å². The lowest BCUT2D eigenvalue weighted by atomic mass is 9.98. The molecule has 4 nitrogen and oxygen atoms in total. The SMILES string of the molecule is CC1(O)CCCN(c2ccnc(N)c2)CC1. The van der Waals surface area contributed by atoms with Crippen molar-refractivity contribution < 1.29 is 5.11 Å². The molecule has 2 heterocycles. The summed E-state index contributed by atoms with van der Waals surface area (Å²) in [7, 11) is 0. The number of nitrogens with zero attached hydrogens (tertiary/aromatic N) is 2. The van der Waals surface area contributed by atoms with E-state index in [1.54, 1.807) is 6.20 Å². The van der Waals surface area contributed by atoms with Crippen LogP contribution in [-0.2, 0) is 0 Å². The summed E-state index contributed by atoms with van der Waals surface area (Å²) in [5, 5.41) is 10.0. The molecule has 1 aromatic rings. The normalized spacial score (nSPS) is 26.5. The van der Waals surface area contributed by atoms with Gasteiger partial charge in [0, 0.05) is 31.0 Å². The van der Waals surface area contributed by atoms with E-state index in [1.807, 2.05) is 19.1 Å². The second-order valence-corrected chi connectivity index (χ2v) is 4.78. The zero-order chi connectivity index (χ0) is 11.6. The van der Waals surface area contributed by atoms with Crippen molar-refractivity contribution in [3.05, 3.63) is 18.3 Å². The molecule has 0 aliphatic carbocycles. The summed E-state index contributed by atoms with van der Waals surface area (Å²) in [6, 6.07) is 3.86. The Labute approximate surface area is 96.1 Å². The van der Waals surface area contributed by atoms with Gasteiger partial charge in [0.15, 0.2) is 0 Å². The molecule has 1 saturated heterocycles. The lowest BCUT2D eigenvalue weighted by Crippen LogP contribution is -2.28. The van der Waals surface area contributed by atoms with E-state index in [9.17, 15) is 5.11 Å². The molecule has 0 bridgehead atoms. The Morgan fingerprint density at radius 1 is 1.44 bits per heavy atom. The monoisotopic (exact) mass is 221 g/mol. The van der Waals surface area contributed by atoms with Crippen LogP contribution in [0.1, 0.15) is 26.2 Å². The van der Waals surface area contributed by atoms with Gasteiger partial charge in [-0.2, -0.15) is 0 Å². The van der Waals surface area contributed by atoms with E-state index < -0.39 is 5.60 Å². The van der Waals surface area contributed by atoms with Gasteiger partial charge < -0.3 is 15.7 Å². The van der Waals surface area contributed by atoms with Crippen molar-refractivity contribution in [1.29, 1.82) is 0 Å². The van der Waals surface area contributed by atoms with Crippen molar-refractivity contribution >= 4 is 11.5 Å². The summed E-state index contributed by atoms with van der Waals surface area (Å²) < 4.78 is 0. The highest BCUT2D eigenvalue weighted by Gasteiger charge is 2.24. The fourth-order valence-corrected chi connectivity index (χ4v) is 2.15. The highest BCUT2D eigenvalue weighted by Crippen LogP contribution is 2.25. The summed E-state index contributed by atoms with van der Waals surface area (Å²) >= 11 is 0. The summed E-state index contributed by atoms with van der Waals surface area (Å²) in [5.74, 6) is 0.550. The molecule has 0 spiro atoms. The molecule has 1 unspecified atom stereocenters. The summed E-state index contributed by atoms with van der Waals surface area (Å²) in [6.45, 7) is 3.76. The van der Waals surface area contributed by atoms with Crippen LogP contribution in [0.5, 0.6) is 0 Å². The molecule has 1 fully saturated rings. The molecule has 1 aliphatic heterocycles. The number of anilines is 2. The summed E-state index contributed by atoms with van der Waals surface area (Å²) in [4.78, 5) is 6.25. The number of hydrogen-bond donors (Lipinski definition) is 2. The van der Waals surface area contributed by atoms with Crippen LogP contribution in [0.15, 0.2) is 18.3 Å². The van der Waals surface area contributed by atoms with Crippen molar-refractivity contribution in [3.8, 4) is 0 Å². The summed E-state index contributed by atoms with van der Waals surface area (Å²) in [6.07, 6.45) is 4.40. The fourth-order valence-electron chi connectivity index (χ4n) is 2.15. The van der Waals surface area contributed by atoms with Gasteiger partial charge in [0.1, 0.15) is 5.82 Å². The minimum atomic E-state index is -0.521. The van der Waals surface area contributed by atoms with E-state index in [0.29, 0.717) is 5.82 Å². The molecule has 4 heteroatoms. The maximum atomic E-state index is 10.0. The maximum absolute atomic E-state index is 10.0. The van der Waals surface area contributed by atoms with Gasteiger partial charge in [-0.3, -0.25) is 0 Å².